The highest BCUT2D eigenvalue weighted by Gasteiger charge is 2.69. The number of hydrogen-bond acceptors (Lipinski definition) is 11. The highest BCUT2D eigenvalue weighted by Crippen LogP contribution is 2.52. The van der Waals surface area contributed by atoms with Crippen molar-refractivity contribution >= 4 is 34.7 Å². The number of carbonyl (C=O) groups excluding carboxylic acids is 5. The number of phenolic OH excluding ortho intramolecular Hbond substituents is 1. The lowest BCUT2D eigenvalue weighted by Gasteiger charge is -2.52. The number of anilines is 1. The number of phenols is 1. The number of rotatable bonds is 7. The van der Waals surface area contributed by atoms with Crippen LogP contribution >= 0.6 is 0 Å². The summed E-state index contributed by atoms with van der Waals surface area (Å²) >= 11 is 0. The molecule has 234 valence electrons. The van der Waals surface area contributed by atoms with Gasteiger partial charge in [0, 0.05) is 38.9 Å². The topological polar surface area (TPSA) is 182 Å². The quantitative estimate of drug-likeness (QED) is 0.298. The molecule has 0 aromatic heterocycles. The molecule has 6 atom stereocenters. The molecule has 3 aliphatic carbocycles. The fourth-order valence-corrected chi connectivity index (χ4v) is 8.26. The summed E-state index contributed by atoms with van der Waals surface area (Å²) in [5, 5.41) is 32.3. The van der Waals surface area contributed by atoms with E-state index < -0.39 is 64.4 Å². The molecule has 3 fully saturated rings. The van der Waals surface area contributed by atoms with Crippen molar-refractivity contribution in [1.29, 1.82) is 0 Å². The Morgan fingerprint density at radius 1 is 1.09 bits per heavy atom. The van der Waals surface area contributed by atoms with Gasteiger partial charge in [-0.25, -0.2) is 0 Å². The first-order valence-electron chi connectivity index (χ1n) is 15.0. The van der Waals surface area contributed by atoms with Crippen LogP contribution in [0, 0.1) is 29.6 Å². The van der Waals surface area contributed by atoms with E-state index in [9.17, 15) is 39.3 Å². The summed E-state index contributed by atoms with van der Waals surface area (Å²) in [6.07, 6.45) is 2.94. The number of amides is 1. The number of likely N-dealkylation sites (N-methyl/N-ethyl adjacent to an activating group) is 1. The number of Topliss-reactive ketones (excluding diaryl/α,β-unsaturated/α-hetero) is 4. The second kappa shape index (κ2) is 11.4. The summed E-state index contributed by atoms with van der Waals surface area (Å²) in [6, 6.07) is 0.426. The molecule has 2 saturated carbocycles. The monoisotopic (exact) mass is 598 g/mol. The number of benzene rings is 1. The van der Waals surface area contributed by atoms with Crippen molar-refractivity contribution in [2.75, 3.05) is 52.8 Å². The fourth-order valence-electron chi connectivity index (χ4n) is 8.26. The Bertz CT molecular complexity index is 1370. The minimum atomic E-state index is -2.74. The van der Waals surface area contributed by atoms with Crippen LogP contribution in [-0.4, -0.2) is 114 Å². The lowest BCUT2D eigenvalue weighted by atomic mass is 9.52. The molecule has 1 heterocycles. The molecular formula is C31H42N4O8. The van der Waals surface area contributed by atoms with Crippen LogP contribution in [0.2, 0.25) is 0 Å². The van der Waals surface area contributed by atoms with Gasteiger partial charge in [0.2, 0.25) is 5.91 Å². The van der Waals surface area contributed by atoms with E-state index in [1.54, 1.807) is 20.2 Å². The normalized spacial score (nSPS) is 31.6. The summed E-state index contributed by atoms with van der Waals surface area (Å²) in [7, 11) is 6.84. The number of aliphatic hydroxyl groups is 2. The zero-order valence-corrected chi connectivity index (χ0v) is 25.2. The van der Waals surface area contributed by atoms with Gasteiger partial charge in [0.25, 0.3) is 0 Å². The first kappa shape index (κ1) is 31.2. The lowest BCUT2D eigenvalue weighted by molar-refractivity contribution is -0.181. The summed E-state index contributed by atoms with van der Waals surface area (Å²) in [6.45, 7) is 2.40. The first-order valence-corrected chi connectivity index (χ1v) is 15.0. The van der Waals surface area contributed by atoms with Crippen molar-refractivity contribution in [2.45, 2.75) is 50.3 Å². The predicted octanol–water partition coefficient (Wildman–Crippen LogP) is -0.473. The van der Waals surface area contributed by atoms with Gasteiger partial charge >= 0.3 is 0 Å². The van der Waals surface area contributed by atoms with Gasteiger partial charge in [0.1, 0.15) is 5.75 Å². The van der Waals surface area contributed by atoms with Crippen LogP contribution in [-0.2, 0) is 32.1 Å². The fraction of sp³-hybridized carbons (Fsp3) is 0.645. The first-order chi connectivity index (χ1) is 20.2. The summed E-state index contributed by atoms with van der Waals surface area (Å²) < 4.78 is 0. The molecule has 12 heteroatoms. The third-order valence-corrected chi connectivity index (χ3v) is 10.2. The van der Waals surface area contributed by atoms with E-state index in [2.05, 4.69) is 4.90 Å². The van der Waals surface area contributed by atoms with E-state index >= 15 is 0 Å². The Hall–Kier alpha value is -3.19. The molecule has 0 spiro atoms. The number of piperidine rings is 1. The minimum absolute atomic E-state index is 0.000648. The van der Waals surface area contributed by atoms with E-state index in [1.165, 1.54) is 4.90 Å². The molecule has 5 N–H and O–H groups in total. The maximum absolute atomic E-state index is 14.1. The third-order valence-electron chi connectivity index (χ3n) is 10.2. The van der Waals surface area contributed by atoms with E-state index in [0.717, 1.165) is 43.6 Å². The molecule has 4 aliphatic rings. The van der Waals surface area contributed by atoms with Gasteiger partial charge < -0.3 is 26.0 Å². The average Bonchev–Trinajstić information content (AvgIpc) is 2.91. The van der Waals surface area contributed by atoms with Crippen molar-refractivity contribution in [3.8, 4) is 5.75 Å². The van der Waals surface area contributed by atoms with Crippen molar-refractivity contribution < 1.29 is 39.3 Å². The van der Waals surface area contributed by atoms with Crippen LogP contribution in [0.5, 0.6) is 5.75 Å². The number of likely N-dealkylation sites (tertiary alicyclic amines) is 1. The predicted molar refractivity (Wildman–Crippen MR) is 155 cm³/mol. The number of carbonyl (C=O) groups is 5. The Morgan fingerprint density at radius 2 is 1.74 bits per heavy atom. The van der Waals surface area contributed by atoms with Crippen LogP contribution in [0.1, 0.15) is 47.2 Å². The van der Waals surface area contributed by atoms with Crippen molar-refractivity contribution in [3.05, 3.63) is 22.8 Å². The maximum Gasteiger partial charge on any atom is 0.235 e. The van der Waals surface area contributed by atoms with Gasteiger partial charge in [-0.15, -0.1) is 0 Å². The van der Waals surface area contributed by atoms with E-state index in [1.807, 2.05) is 19.0 Å². The van der Waals surface area contributed by atoms with Gasteiger partial charge in [-0.1, -0.05) is 0 Å². The molecule has 1 saturated heterocycles. The number of aromatic hydroxyl groups is 1. The van der Waals surface area contributed by atoms with Crippen LogP contribution in [0.4, 0.5) is 5.69 Å². The molecule has 1 aromatic carbocycles. The van der Waals surface area contributed by atoms with Gasteiger partial charge in [-0.05, 0) is 88.3 Å². The molecule has 2 unspecified atom stereocenters. The number of aliphatic hydroxyl groups excluding tert-OH is 1. The number of hydrogen-bond donors (Lipinski definition) is 4. The van der Waals surface area contributed by atoms with Crippen molar-refractivity contribution in [3.63, 3.8) is 0 Å². The Morgan fingerprint density at radius 3 is 2.30 bits per heavy atom. The number of primary amides is 1. The number of nitrogens with zero attached hydrogens (tertiary/aromatic N) is 3. The molecular weight excluding hydrogens is 556 g/mol. The lowest BCUT2D eigenvalue weighted by Crippen LogP contribution is -2.74. The molecule has 12 nitrogen and oxygen atoms in total. The summed E-state index contributed by atoms with van der Waals surface area (Å²) in [5.41, 5.74) is 4.87. The molecule has 1 amide bonds. The van der Waals surface area contributed by atoms with Crippen LogP contribution in [0.25, 0.3) is 0 Å². The van der Waals surface area contributed by atoms with Crippen LogP contribution < -0.4 is 10.6 Å². The van der Waals surface area contributed by atoms with Gasteiger partial charge in [0.05, 0.1) is 17.5 Å². The summed E-state index contributed by atoms with van der Waals surface area (Å²) in [4.78, 5) is 72.7. The van der Waals surface area contributed by atoms with Crippen molar-refractivity contribution in [2.24, 2.45) is 35.3 Å². The SMILES string of the molecule is CN(C)c1c(CN2CCC(CCO)CC2)cc(O)c2c1C[C@H]1C[C@H]3[C@H](N(C)C)C(=O)C(C(N)=O)C(=O)[C@@]3(O)C(=O)C1C2=O. The minimum Gasteiger partial charge on any atom is -0.507 e. The van der Waals surface area contributed by atoms with Crippen molar-refractivity contribution in [1.82, 2.24) is 9.80 Å². The Labute approximate surface area is 250 Å². The largest absolute Gasteiger partial charge is 0.507 e. The molecule has 1 aromatic rings. The Balaban J connectivity index is 1.54. The third kappa shape index (κ3) is 4.88. The molecule has 1 aliphatic heterocycles. The zero-order valence-electron chi connectivity index (χ0n) is 25.2. The number of nitrogens with two attached hydrogens (primary N) is 1. The van der Waals surface area contributed by atoms with Gasteiger partial charge in [-0.2, -0.15) is 0 Å². The van der Waals surface area contributed by atoms with Crippen LogP contribution in [0.3, 0.4) is 0 Å². The molecule has 0 radical (unpaired) electrons. The van der Waals surface area contributed by atoms with Crippen LogP contribution in [0.15, 0.2) is 6.07 Å². The highest BCUT2D eigenvalue weighted by atomic mass is 16.3. The average molecular weight is 599 g/mol. The maximum atomic E-state index is 14.1. The second-order valence-corrected chi connectivity index (χ2v) is 13.2. The summed E-state index contributed by atoms with van der Waals surface area (Å²) in [5.74, 6) is -9.99. The highest BCUT2D eigenvalue weighted by molar-refractivity contribution is 6.32. The Kier molecular flexibility index (Phi) is 8.27. The smallest absolute Gasteiger partial charge is 0.235 e. The van der Waals surface area contributed by atoms with E-state index in [0.29, 0.717) is 18.0 Å². The van der Waals surface area contributed by atoms with E-state index in [-0.39, 0.29) is 30.8 Å². The van der Waals surface area contributed by atoms with Gasteiger partial charge in [-0.3, -0.25) is 33.8 Å². The molecule has 5 rings (SSSR count). The molecule has 0 bridgehead atoms. The second-order valence-electron chi connectivity index (χ2n) is 13.2. The molecule has 43 heavy (non-hydrogen) atoms. The zero-order chi connectivity index (χ0) is 31.5. The number of ketones is 4. The standard InChI is InChI=1S/C31H42N4O8/c1-33(2)24-17(14-35-8-5-15(6-9-35)7-10-36)13-20(37)22-18(24)11-16-12-19-25(34(3)4)27(39)23(30(32)42)29(41)31(19,43)28(40)21(16)26(22)38/h13,15-16,19,21,23,25,36-37,43H,5-12,14H2,1-4H3,(H2,32,42)/t16-,19-,21?,23?,25-,31-/m0/s1. The number of fused-ring (bicyclic) bond motifs is 3. The van der Waals surface area contributed by atoms with E-state index in [4.69, 9.17) is 5.73 Å². The van der Waals surface area contributed by atoms with Gasteiger partial charge in [0.15, 0.2) is 34.7 Å².